The molecule has 2 heteroatoms. The van der Waals surface area contributed by atoms with Crippen molar-refractivity contribution in [1.29, 1.82) is 5.26 Å². The summed E-state index contributed by atoms with van der Waals surface area (Å²) in [5.74, 6) is 0. The highest BCUT2D eigenvalue weighted by atomic mass is 14.9. The Bertz CT molecular complexity index is 789. The number of rotatable bonds is 1. The molecule has 2 aliphatic rings. The molecule has 0 atom stereocenters. The zero-order valence-electron chi connectivity index (χ0n) is 12.8. The SMILES string of the molecule is N#CCC1=NC2(CCCCC2)Cc2c1ccc1ccccc21. The van der Waals surface area contributed by atoms with Crippen LogP contribution in [0.1, 0.15) is 49.7 Å². The Kier molecular flexibility index (Phi) is 3.22. The van der Waals surface area contributed by atoms with Gasteiger partial charge in [-0.05, 0) is 35.6 Å². The third-order valence-corrected chi connectivity index (χ3v) is 5.26. The topological polar surface area (TPSA) is 36.1 Å². The van der Waals surface area contributed by atoms with Gasteiger partial charge in [0.2, 0.25) is 0 Å². The minimum Gasteiger partial charge on any atom is -0.281 e. The highest BCUT2D eigenvalue weighted by molar-refractivity contribution is 6.07. The molecule has 2 aromatic rings. The molecule has 4 rings (SSSR count). The molecule has 0 unspecified atom stereocenters. The first kappa shape index (κ1) is 13.5. The van der Waals surface area contributed by atoms with E-state index in [1.165, 1.54) is 54.0 Å². The lowest BCUT2D eigenvalue weighted by atomic mass is 9.73. The van der Waals surface area contributed by atoms with Gasteiger partial charge in [-0.1, -0.05) is 55.7 Å². The molecular formula is C20H20N2. The van der Waals surface area contributed by atoms with Gasteiger partial charge in [-0.25, -0.2) is 0 Å². The number of nitriles is 1. The quantitative estimate of drug-likeness (QED) is 0.742. The van der Waals surface area contributed by atoms with Crippen molar-refractivity contribution in [2.45, 2.75) is 50.5 Å². The second kappa shape index (κ2) is 5.25. The lowest BCUT2D eigenvalue weighted by Crippen LogP contribution is -2.37. The Labute approximate surface area is 131 Å². The zero-order valence-corrected chi connectivity index (χ0v) is 12.8. The van der Waals surface area contributed by atoms with Crippen LogP contribution in [0.3, 0.4) is 0 Å². The van der Waals surface area contributed by atoms with Gasteiger partial charge in [-0.3, -0.25) is 4.99 Å². The van der Waals surface area contributed by atoms with Gasteiger partial charge < -0.3 is 0 Å². The Morgan fingerprint density at radius 3 is 2.68 bits per heavy atom. The van der Waals surface area contributed by atoms with Crippen molar-refractivity contribution in [3.8, 4) is 6.07 Å². The summed E-state index contributed by atoms with van der Waals surface area (Å²) in [6.45, 7) is 0. The lowest BCUT2D eigenvalue weighted by Gasteiger charge is -2.38. The van der Waals surface area contributed by atoms with Crippen molar-refractivity contribution in [3.05, 3.63) is 47.5 Å². The van der Waals surface area contributed by atoms with Crippen LogP contribution in [0.25, 0.3) is 10.8 Å². The van der Waals surface area contributed by atoms with Crippen molar-refractivity contribution >= 4 is 16.5 Å². The van der Waals surface area contributed by atoms with E-state index in [0.29, 0.717) is 6.42 Å². The fraction of sp³-hybridized carbons (Fsp3) is 0.400. The molecule has 22 heavy (non-hydrogen) atoms. The standard InChI is InChI=1S/C20H20N2/c21-13-10-19-17-9-8-15-6-2-3-7-16(15)18(17)14-20(22-19)11-4-1-5-12-20/h2-3,6-9H,1,4-5,10-12,14H2. The molecule has 1 aliphatic carbocycles. The van der Waals surface area contributed by atoms with E-state index in [9.17, 15) is 5.26 Å². The maximum absolute atomic E-state index is 9.21. The van der Waals surface area contributed by atoms with E-state index in [4.69, 9.17) is 4.99 Å². The van der Waals surface area contributed by atoms with Crippen LogP contribution in [0, 0.1) is 11.3 Å². The van der Waals surface area contributed by atoms with Crippen LogP contribution in [0.5, 0.6) is 0 Å². The van der Waals surface area contributed by atoms with Crippen molar-refractivity contribution in [3.63, 3.8) is 0 Å². The van der Waals surface area contributed by atoms with E-state index >= 15 is 0 Å². The molecule has 1 heterocycles. The van der Waals surface area contributed by atoms with Gasteiger partial charge in [0, 0.05) is 5.56 Å². The van der Waals surface area contributed by atoms with Gasteiger partial charge in [0.1, 0.15) is 0 Å². The third kappa shape index (κ3) is 2.13. The molecule has 0 aromatic heterocycles. The maximum atomic E-state index is 9.21. The Hall–Kier alpha value is -2.14. The fourth-order valence-corrected chi connectivity index (χ4v) is 4.22. The van der Waals surface area contributed by atoms with Gasteiger partial charge in [0.05, 0.1) is 23.7 Å². The minimum atomic E-state index is 0.0571. The van der Waals surface area contributed by atoms with Crippen molar-refractivity contribution < 1.29 is 0 Å². The first-order valence-corrected chi connectivity index (χ1v) is 8.28. The molecule has 2 nitrogen and oxygen atoms in total. The highest BCUT2D eigenvalue weighted by Crippen LogP contribution is 2.41. The van der Waals surface area contributed by atoms with Crippen LogP contribution < -0.4 is 0 Å². The number of aliphatic imine (C=N–C) groups is 1. The predicted octanol–water partition coefficient (Wildman–Crippen LogP) is 4.80. The van der Waals surface area contributed by atoms with E-state index in [0.717, 1.165) is 12.1 Å². The molecule has 2 aromatic carbocycles. The Morgan fingerprint density at radius 2 is 1.86 bits per heavy atom. The maximum Gasteiger partial charge on any atom is 0.0776 e. The first-order chi connectivity index (χ1) is 10.8. The van der Waals surface area contributed by atoms with E-state index in [-0.39, 0.29) is 5.54 Å². The largest absolute Gasteiger partial charge is 0.281 e. The van der Waals surface area contributed by atoms with Gasteiger partial charge in [0.25, 0.3) is 0 Å². The van der Waals surface area contributed by atoms with E-state index < -0.39 is 0 Å². The molecule has 1 aliphatic heterocycles. The molecule has 0 amide bonds. The van der Waals surface area contributed by atoms with Gasteiger partial charge >= 0.3 is 0 Å². The zero-order chi connectivity index (χ0) is 15.0. The molecule has 1 saturated carbocycles. The monoisotopic (exact) mass is 288 g/mol. The molecule has 0 saturated heterocycles. The van der Waals surface area contributed by atoms with E-state index in [1.54, 1.807) is 0 Å². The lowest BCUT2D eigenvalue weighted by molar-refractivity contribution is 0.294. The summed E-state index contributed by atoms with van der Waals surface area (Å²) in [7, 11) is 0. The third-order valence-electron chi connectivity index (χ3n) is 5.26. The Morgan fingerprint density at radius 1 is 1.05 bits per heavy atom. The van der Waals surface area contributed by atoms with Crippen molar-refractivity contribution in [2.24, 2.45) is 4.99 Å². The number of hydrogen-bond acceptors (Lipinski definition) is 2. The first-order valence-electron chi connectivity index (χ1n) is 8.28. The van der Waals surface area contributed by atoms with Crippen LogP contribution in [-0.4, -0.2) is 11.3 Å². The van der Waals surface area contributed by atoms with Crippen LogP contribution in [0.4, 0.5) is 0 Å². The normalized spacial score (nSPS) is 19.5. The highest BCUT2D eigenvalue weighted by Gasteiger charge is 2.36. The smallest absolute Gasteiger partial charge is 0.0776 e. The summed E-state index contributed by atoms with van der Waals surface area (Å²) >= 11 is 0. The van der Waals surface area contributed by atoms with E-state index in [1.807, 2.05) is 0 Å². The number of nitrogens with zero attached hydrogens (tertiary/aromatic N) is 2. The molecule has 0 N–H and O–H groups in total. The molecule has 1 spiro atoms. The van der Waals surface area contributed by atoms with Gasteiger partial charge in [-0.15, -0.1) is 0 Å². The average molecular weight is 288 g/mol. The predicted molar refractivity (Wildman–Crippen MR) is 90.2 cm³/mol. The molecule has 110 valence electrons. The second-order valence-electron chi connectivity index (χ2n) is 6.67. The number of fused-ring (bicyclic) bond motifs is 3. The number of benzene rings is 2. The minimum absolute atomic E-state index is 0.0571. The van der Waals surface area contributed by atoms with Gasteiger partial charge in [0.15, 0.2) is 0 Å². The average Bonchev–Trinajstić information content (AvgIpc) is 2.56. The second-order valence-corrected chi connectivity index (χ2v) is 6.67. The summed E-state index contributed by atoms with van der Waals surface area (Å²) in [6.07, 6.45) is 7.67. The molecular weight excluding hydrogens is 268 g/mol. The van der Waals surface area contributed by atoms with Crippen molar-refractivity contribution in [1.82, 2.24) is 0 Å². The Balaban J connectivity index is 1.92. The molecule has 0 radical (unpaired) electrons. The number of hydrogen-bond donors (Lipinski definition) is 0. The van der Waals surface area contributed by atoms with Crippen LogP contribution in [0.2, 0.25) is 0 Å². The van der Waals surface area contributed by atoms with Gasteiger partial charge in [-0.2, -0.15) is 5.26 Å². The van der Waals surface area contributed by atoms with E-state index in [2.05, 4.69) is 42.5 Å². The van der Waals surface area contributed by atoms with Crippen LogP contribution in [-0.2, 0) is 6.42 Å². The van der Waals surface area contributed by atoms with Crippen LogP contribution in [0.15, 0.2) is 41.4 Å². The summed E-state index contributed by atoms with van der Waals surface area (Å²) in [5.41, 5.74) is 3.69. The summed E-state index contributed by atoms with van der Waals surface area (Å²) in [4.78, 5) is 5.10. The summed E-state index contributed by atoms with van der Waals surface area (Å²) in [6, 6.07) is 15.3. The fourth-order valence-electron chi connectivity index (χ4n) is 4.22. The molecule has 0 bridgehead atoms. The molecule has 1 fully saturated rings. The van der Waals surface area contributed by atoms with Crippen LogP contribution >= 0.6 is 0 Å². The summed E-state index contributed by atoms with van der Waals surface area (Å²) in [5, 5.41) is 11.9. The van der Waals surface area contributed by atoms with Crippen molar-refractivity contribution in [2.75, 3.05) is 0 Å². The summed E-state index contributed by atoms with van der Waals surface area (Å²) < 4.78 is 0.